The van der Waals surface area contributed by atoms with Crippen LogP contribution < -0.4 is 0 Å². The van der Waals surface area contributed by atoms with Crippen LogP contribution in [0, 0.1) is 5.92 Å². The molecule has 1 unspecified atom stereocenters. The topological polar surface area (TPSA) is 34.1 Å². The van der Waals surface area contributed by atoms with E-state index in [1.54, 1.807) is 6.92 Å². The van der Waals surface area contributed by atoms with Crippen LogP contribution in [0.3, 0.4) is 0 Å². The van der Waals surface area contributed by atoms with E-state index in [-0.39, 0.29) is 16.6 Å². The van der Waals surface area contributed by atoms with Crippen LogP contribution in [0.4, 0.5) is 13.2 Å². The molecule has 0 radical (unpaired) electrons. The van der Waals surface area contributed by atoms with Crippen molar-refractivity contribution in [1.29, 1.82) is 0 Å². The smallest absolute Gasteiger partial charge is 0.224 e. The van der Waals surface area contributed by atoms with Gasteiger partial charge in [0.15, 0.2) is 9.84 Å². The van der Waals surface area contributed by atoms with Crippen LogP contribution >= 0.6 is 15.9 Å². The highest BCUT2D eigenvalue weighted by Gasteiger charge is 2.31. The molecule has 102 valence electrons. The minimum atomic E-state index is -4.54. The van der Waals surface area contributed by atoms with Gasteiger partial charge in [0.2, 0.25) is 0 Å². The lowest BCUT2D eigenvalue weighted by Gasteiger charge is -2.11. The Hall–Kier alpha value is -0.560. The lowest BCUT2D eigenvalue weighted by Crippen LogP contribution is -2.16. The van der Waals surface area contributed by atoms with Gasteiger partial charge in [-0.2, -0.15) is 13.2 Å². The fourth-order valence-electron chi connectivity index (χ4n) is 1.38. The summed E-state index contributed by atoms with van der Waals surface area (Å²) in [5.41, 5.74) is -0.949. The first-order chi connectivity index (χ1) is 8.16. The Bertz CT molecular complexity index is 511. The molecular formula is C11H12BrF3O2S. The first-order valence-corrected chi connectivity index (χ1v) is 7.90. The zero-order chi connectivity index (χ0) is 14.0. The molecule has 0 aliphatic rings. The lowest BCUT2D eigenvalue weighted by atomic mass is 10.2. The van der Waals surface area contributed by atoms with Crippen LogP contribution in [0.2, 0.25) is 0 Å². The molecule has 0 aliphatic heterocycles. The third-order valence-electron chi connectivity index (χ3n) is 2.29. The fraction of sp³-hybridized carbons (Fsp3) is 0.455. The number of hydrogen-bond acceptors (Lipinski definition) is 2. The van der Waals surface area contributed by atoms with Crippen molar-refractivity contribution in [1.82, 2.24) is 0 Å². The Kier molecular flexibility index (Phi) is 4.83. The molecule has 1 aromatic rings. The molecule has 0 saturated carbocycles. The largest absolute Gasteiger partial charge is 0.416 e. The Morgan fingerprint density at radius 1 is 1.33 bits per heavy atom. The van der Waals surface area contributed by atoms with Gasteiger partial charge in [0.25, 0.3) is 0 Å². The molecule has 0 saturated heterocycles. The lowest BCUT2D eigenvalue weighted by molar-refractivity contribution is -0.137. The average molecular weight is 345 g/mol. The van der Waals surface area contributed by atoms with E-state index in [4.69, 9.17) is 0 Å². The van der Waals surface area contributed by atoms with Gasteiger partial charge in [-0.1, -0.05) is 28.9 Å². The molecular weight excluding hydrogens is 333 g/mol. The number of rotatable bonds is 4. The van der Waals surface area contributed by atoms with Crippen LogP contribution in [0.5, 0.6) is 0 Å². The minimum Gasteiger partial charge on any atom is -0.224 e. The van der Waals surface area contributed by atoms with Gasteiger partial charge in [-0.05, 0) is 24.1 Å². The monoisotopic (exact) mass is 344 g/mol. The minimum absolute atomic E-state index is 0.162. The van der Waals surface area contributed by atoms with Gasteiger partial charge in [-0.15, -0.1) is 0 Å². The fourth-order valence-corrected chi connectivity index (χ4v) is 3.57. The zero-order valence-electron chi connectivity index (χ0n) is 9.54. The Morgan fingerprint density at radius 2 is 1.94 bits per heavy atom. The highest BCUT2D eigenvalue weighted by atomic mass is 79.9. The van der Waals surface area contributed by atoms with Gasteiger partial charge in [0.1, 0.15) is 0 Å². The molecule has 1 aromatic carbocycles. The normalized spacial score (nSPS) is 14.5. The SMILES string of the molecule is CC(CBr)CS(=O)(=O)c1cccc(C(F)(F)F)c1. The van der Waals surface area contributed by atoms with Gasteiger partial charge in [-0.3, -0.25) is 0 Å². The quantitative estimate of drug-likeness (QED) is 0.783. The van der Waals surface area contributed by atoms with Crippen LogP contribution in [0.1, 0.15) is 12.5 Å². The van der Waals surface area contributed by atoms with Gasteiger partial charge >= 0.3 is 6.18 Å². The van der Waals surface area contributed by atoms with Crippen molar-refractivity contribution in [2.45, 2.75) is 18.0 Å². The molecule has 7 heteroatoms. The van der Waals surface area contributed by atoms with Gasteiger partial charge in [0, 0.05) is 5.33 Å². The number of sulfone groups is 1. The predicted octanol–water partition coefficient (Wildman–Crippen LogP) is 3.51. The van der Waals surface area contributed by atoms with E-state index in [1.165, 1.54) is 6.07 Å². The van der Waals surface area contributed by atoms with Crippen molar-refractivity contribution in [3.8, 4) is 0 Å². The third kappa shape index (κ3) is 3.98. The van der Waals surface area contributed by atoms with E-state index in [0.717, 1.165) is 12.1 Å². The maximum absolute atomic E-state index is 12.5. The Morgan fingerprint density at radius 3 is 2.44 bits per heavy atom. The molecule has 18 heavy (non-hydrogen) atoms. The van der Waals surface area contributed by atoms with Crippen molar-refractivity contribution >= 4 is 25.8 Å². The average Bonchev–Trinajstić information content (AvgIpc) is 2.27. The number of hydrogen-bond donors (Lipinski definition) is 0. The third-order valence-corrected chi connectivity index (χ3v) is 5.37. The van der Waals surface area contributed by atoms with Crippen molar-refractivity contribution < 1.29 is 21.6 Å². The highest BCUT2D eigenvalue weighted by Crippen LogP contribution is 2.30. The summed E-state index contributed by atoms with van der Waals surface area (Å²) in [5.74, 6) is -0.343. The molecule has 0 spiro atoms. The maximum Gasteiger partial charge on any atom is 0.416 e. The second-order valence-corrected chi connectivity index (χ2v) is 6.75. The second kappa shape index (κ2) is 5.61. The predicted molar refractivity (Wildman–Crippen MR) is 66.5 cm³/mol. The standard InChI is InChI=1S/C11H12BrF3O2S/c1-8(6-12)7-18(16,17)10-4-2-3-9(5-10)11(13,14)15/h2-5,8H,6-7H2,1H3. The van der Waals surface area contributed by atoms with Gasteiger partial charge in [0.05, 0.1) is 16.2 Å². The van der Waals surface area contributed by atoms with Crippen molar-refractivity contribution in [2.24, 2.45) is 5.92 Å². The van der Waals surface area contributed by atoms with Crippen LogP contribution in [0.25, 0.3) is 0 Å². The summed E-state index contributed by atoms with van der Waals surface area (Å²) in [7, 11) is -3.68. The Balaban J connectivity index is 3.11. The summed E-state index contributed by atoms with van der Waals surface area (Å²) in [6.45, 7) is 1.71. The zero-order valence-corrected chi connectivity index (χ0v) is 11.9. The molecule has 0 aromatic heterocycles. The molecule has 0 heterocycles. The Labute approximate surface area is 112 Å². The summed E-state index contributed by atoms with van der Waals surface area (Å²) in [4.78, 5) is -0.287. The summed E-state index contributed by atoms with van der Waals surface area (Å²) < 4.78 is 61.2. The second-order valence-electron chi connectivity index (χ2n) is 4.07. The number of alkyl halides is 4. The van der Waals surface area contributed by atoms with E-state index in [1.807, 2.05) is 0 Å². The molecule has 2 nitrogen and oxygen atoms in total. The number of halogens is 4. The molecule has 0 N–H and O–H groups in total. The van der Waals surface area contributed by atoms with E-state index in [9.17, 15) is 21.6 Å². The van der Waals surface area contributed by atoms with Crippen LogP contribution in [-0.4, -0.2) is 19.5 Å². The summed E-state index contributed by atoms with van der Waals surface area (Å²) in [6, 6.07) is 3.82. The maximum atomic E-state index is 12.5. The van der Waals surface area contributed by atoms with Gasteiger partial charge < -0.3 is 0 Å². The van der Waals surface area contributed by atoms with Gasteiger partial charge in [-0.25, -0.2) is 8.42 Å². The first kappa shape index (κ1) is 15.5. The van der Waals surface area contributed by atoms with Crippen molar-refractivity contribution in [3.63, 3.8) is 0 Å². The molecule has 1 rings (SSSR count). The van der Waals surface area contributed by atoms with E-state index < -0.39 is 21.6 Å². The van der Waals surface area contributed by atoms with E-state index in [2.05, 4.69) is 15.9 Å². The first-order valence-electron chi connectivity index (χ1n) is 5.13. The molecule has 0 bridgehead atoms. The summed E-state index contributed by atoms with van der Waals surface area (Å²) in [6.07, 6.45) is -4.54. The molecule has 0 fully saturated rings. The molecule has 0 aliphatic carbocycles. The van der Waals surface area contributed by atoms with E-state index in [0.29, 0.717) is 11.4 Å². The molecule has 1 atom stereocenters. The summed E-state index contributed by atoms with van der Waals surface area (Å²) in [5, 5.41) is 0.477. The highest BCUT2D eigenvalue weighted by molar-refractivity contribution is 9.09. The van der Waals surface area contributed by atoms with Crippen LogP contribution in [0.15, 0.2) is 29.2 Å². The van der Waals surface area contributed by atoms with Crippen molar-refractivity contribution in [2.75, 3.05) is 11.1 Å². The molecule has 0 amide bonds. The van der Waals surface area contributed by atoms with Crippen LogP contribution in [-0.2, 0) is 16.0 Å². The van der Waals surface area contributed by atoms with Crippen molar-refractivity contribution in [3.05, 3.63) is 29.8 Å². The van der Waals surface area contributed by atoms with E-state index >= 15 is 0 Å². The summed E-state index contributed by atoms with van der Waals surface area (Å²) >= 11 is 3.14. The number of benzene rings is 1.